The zero-order valence-electron chi connectivity index (χ0n) is 16.9. The molecule has 150 valence electrons. The minimum absolute atomic E-state index is 0.0639. The van der Waals surface area contributed by atoms with E-state index in [4.69, 9.17) is 9.47 Å². The molecule has 1 unspecified atom stereocenters. The molecule has 0 aromatic heterocycles. The molecule has 5 aliphatic rings. The van der Waals surface area contributed by atoms with Crippen LogP contribution >= 0.6 is 0 Å². The van der Waals surface area contributed by atoms with Crippen LogP contribution < -0.4 is 4.74 Å². The van der Waals surface area contributed by atoms with Gasteiger partial charge in [0.1, 0.15) is 6.10 Å². The summed E-state index contributed by atoms with van der Waals surface area (Å²) in [5.74, 6) is 1.87. The van der Waals surface area contributed by atoms with Crippen molar-refractivity contribution in [3.63, 3.8) is 0 Å². The van der Waals surface area contributed by atoms with Crippen molar-refractivity contribution in [1.82, 2.24) is 4.90 Å². The van der Waals surface area contributed by atoms with Crippen molar-refractivity contribution in [3.05, 3.63) is 35.4 Å². The van der Waals surface area contributed by atoms with Gasteiger partial charge in [-0.1, -0.05) is 19.6 Å². The maximum Gasteiger partial charge on any atom is 0.166 e. The van der Waals surface area contributed by atoms with E-state index in [1.165, 1.54) is 36.1 Å². The van der Waals surface area contributed by atoms with E-state index in [-0.39, 0.29) is 22.9 Å². The van der Waals surface area contributed by atoms with E-state index in [1.807, 2.05) is 6.07 Å². The molecule has 1 aromatic rings. The summed E-state index contributed by atoms with van der Waals surface area (Å²) < 4.78 is 13.4. The quantitative estimate of drug-likeness (QED) is 0.785. The highest BCUT2D eigenvalue weighted by molar-refractivity contribution is 5.64. The van der Waals surface area contributed by atoms with Gasteiger partial charge in [0, 0.05) is 24.8 Å². The molecular weight excluding hydrogens is 350 g/mol. The van der Waals surface area contributed by atoms with Crippen molar-refractivity contribution in [3.8, 4) is 11.5 Å². The van der Waals surface area contributed by atoms with Crippen molar-refractivity contribution in [2.24, 2.45) is 5.92 Å². The Morgan fingerprint density at radius 3 is 2.96 bits per heavy atom. The monoisotopic (exact) mass is 381 g/mol. The molecule has 4 atom stereocenters. The van der Waals surface area contributed by atoms with E-state index >= 15 is 0 Å². The van der Waals surface area contributed by atoms with E-state index in [9.17, 15) is 5.11 Å². The van der Waals surface area contributed by atoms with Crippen LogP contribution in [0.3, 0.4) is 0 Å². The van der Waals surface area contributed by atoms with Crippen LogP contribution in [-0.4, -0.2) is 47.4 Å². The average Bonchev–Trinajstić information content (AvgIpc) is 3.43. The van der Waals surface area contributed by atoms with Crippen molar-refractivity contribution < 1.29 is 14.6 Å². The standard InChI is InChI=1S/C24H31NO3/c1-3-12-27-24-9-8-15(2)22-23(24)10-11-25(14-16-4-5-16)19(24)13-17-6-7-18(26)21(28-22)20(17)23/h6-7,16,19,22,26H,2-5,8-14H2,1H3/t19-,22+,23+,24?/m1/s1. The number of hydrogen-bond acceptors (Lipinski definition) is 4. The number of nitrogens with zero attached hydrogens (tertiary/aromatic N) is 1. The van der Waals surface area contributed by atoms with Gasteiger partial charge in [0.25, 0.3) is 0 Å². The molecule has 1 aromatic carbocycles. The molecule has 2 heterocycles. The smallest absolute Gasteiger partial charge is 0.166 e. The molecule has 1 saturated heterocycles. The van der Waals surface area contributed by atoms with Crippen LogP contribution in [0.25, 0.3) is 0 Å². The molecule has 28 heavy (non-hydrogen) atoms. The molecule has 6 rings (SSSR count). The normalized spacial score (nSPS) is 38.2. The summed E-state index contributed by atoms with van der Waals surface area (Å²) in [4.78, 5) is 2.75. The van der Waals surface area contributed by atoms with Crippen LogP contribution in [0, 0.1) is 5.92 Å². The highest BCUT2D eigenvalue weighted by Gasteiger charge is 2.73. The average molecular weight is 382 g/mol. The molecule has 1 spiro atoms. The van der Waals surface area contributed by atoms with Crippen LogP contribution in [-0.2, 0) is 16.6 Å². The molecule has 2 bridgehead atoms. The molecule has 2 aliphatic heterocycles. The summed E-state index contributed by atoms with van der Waals surface area (Å²) in [5, 5.41) is 10.6. The Kier molecular flexibility index (Phi) is 3.57. The number of aromatic hydroxyl groups is 1. The molecule has 3 aliphatic carbocycles. The number of hydrogen-bond donors (Lipinski definition) is 1. The lowest BCUT2D eigenvalue weighted by Crippen LogP contribution is -2.76. The minimum atomic E-state index is -0.228. The summed E-state index contributed by atoms with van der Waals surface area (Å²) in [6.45, 7) is 9.71. The third kappa shape index (κ3) is 1.98. The van der Waals surface area contributed by atoms with Crippen molar-refractivity contribution in [1.29, 1.82) is 0 Å². The second kappa shape index (κ2) is 5.76. The largest absolute Gasteiger partial charge is 0.504 e. The first-order valence-electron chi connectivity index (χ1n) is 11.2. The number of piperidine rings is 1. The summed E-state index contributed by atoms with van der Waals surface area (Å²) in [5.41, 5.74) is 3.36. The first kappa shape index (κ1) is 17.3. The number of phenolic OH excluding ortho intramolecular Hbond substituents is 1. The predicted molar refractivity (Wildman–Crippen MR) is 108 cm³/mol. The molecule has 4 nitrogen and oxygen atoms in total. The van der Waals surface area contributed by atoms with Crippen molar-refractivity contribution in [2.45, 2.75) is 75.0 Å². The molecule has 4 heteroatoms. The fraction of sp³-hybridized carbons (Fsp3) is 0.667. The maximum absolute atomic E-state index is 10.6. The van der Waals surface area contributed by atoms with Crippen LogP contribution in [0.5, 0.6) is 11.5 Å². The predicted octanol–water partition coefficient (Wildman–Crippen LogP) is 3.95. The van der Waals surface area contributed by atoms with Gasteiger partial charge in [0.05, 0.1) is 11.0 Å². The Morgan fingerprint density at radius 1 is 1.32 bits per heavy atom. The number of ether oxygens (including phenoxy) is 2. The third-order valence-corrected chi connectivity index (χ3v) is 8.24. The fourth-order valence-corrected chi connectivity index (χ4v) is 6.94. The lowest BCUT2D eigenvalue weighted by atomic mass is 9.48. The van der Waals surface area contributed by atoms with E-state index in [1.54, 1.807) is 0 Å². The molecular formula is C24H31NO3. The highest BCUT2D eigenvalue weighted by atomic mass is 16.5. The first-order chi connectivity index (χ1) is 13.6. The number of rotatable bonds is 5. The highest BCUT2D eigenvalue weighted by Crippen LogP contribution is 2.67. The number of benzene rings is 1. The Bertz CT molecular complexity index is 846. The SMILES string of the molecule is C=C1CCC2(OCCC)[C@H]3Cc4ccc(O)c5c4[C@@]2(CCN3CC2CC2)[C@H]1O5. The van der Waals surface area contributed by atoms with E-state index < -0.39 is 0 Å². The summed E-state index contributed by atoms with van der Waals surface area (Å²) >= 11 is 0. The molecule has 3 fully saturated rings. The van der Waals surface area contributed by atoms with Crippen LogP contribution in [0.1, 0.15) is 56.6 Å². The van der Waals surface area contributed by atoms with Crippen LogP contribution in [0.2, 0.25) is 0 Å². The van der Waals surface area contributed by atoms with Gasteiger partial charge in [-0.25, -0.2) is 0 Å². The van der Waals surface area contributed by atoms with Crippen LogP contribution in [0.15, 0.2) is 24.3 Å². The third-order valence-electron chi connectivity index (χ3n) is 8.24. The Balaban J connectivity index is 1.57. The van der Waals surface area contributed by atoms with Crippen molar-refractivity contribution in [2.75, 3.05) is 19.7 Å². The molecule has 0 radical (unpaired) electrons. The summed E-state index contributed by atoms with van der Waals surface area (Å²) in [6, 6.07) is 4.36. The molecule has 1 N–H and O–H groups in total. The van der Waals surface area contributed by atoms with Gasteiger partial charge < -0.3 is 14.6 Å². The maximum atomic E-state index is 10.6. The minimum Gasteiger partial charge on any atom is -0.504 e. The van der Waals surface area contributed by atoms with Gasteiger partial charge in [-0.2, -0.15) is 0 Å². The molecule has 0 amide bonds. The van der Waals surface area contributed by atoms with Gasteiger partial charge >= 0.3 is 0 Å². The zero-order chi connectivity index (χ0) is 19.1. The van der Waals surface area contributed by atoms with E-state index in [2.05, 4.69) is 24.5 Å². The Labute approximate surface area is 167 Å². The Hall–Kier alpha value is -1.52. The molecule has 2 saturated carbocycles. The lowest BCUT2D eigenvalue weighted by Gasteiger charge is -2.65. The number of phenols is 1. The topological polar surface area (TPSA) is 41.9 Å². The number of likely N-dealkylation sites (tertiary alicyclic amines) is 1. The second-order valence-electron chi connectivity index (χ2n) is 9.72. The van der Waals surface area contributed by atoms with E-state index in [0.29, 0.717) is 11.8 Å². The van der Waals surface area contributed by atoms with Crippen molar-refractivity contribution >= 4 is 0 Å². The summed E-state index contributed by atoms with van der Waals surface area (Å²) in [6.07, 6.45) is 7.74. The van der Waals surface area contributed by atoms with Gasteiger partial charge in [0.15, 0.2) is 11.5 Å². The first-order valence-corrected chi connectivity index (χ1v) is 11.2. The lowest BCUT2D eigenvalue weighted by molar-refractivity contribution is -0.206. The fourth-order valence-electron chi connectivity index (χ4n) is 6.94. The van der Waals surface area contributed by atoms with E-state index in [0.717, 1.165) is 51.2 Å². The zero-order valence-corrected chi connectivity index (χ0v) is 16.9. The van der Waals surface area contributed by atoms with Gasteiger partial charge in [-0.15, -0.1) is 0 Å². The van der Waals surface area contributed by atoms with Gasteiger partial charge in [-0.05, 0) is 74.6 Å². The van der Waals surface area contributed by atoms with Crippen LogP contribution in [0.4, 0.5) is 0 Å². The second-order valence-corrected chi connectivity index (χ2v) is 9.72. The summed E-state index contributed by atoms with van der Waals surface area (Å²) in [7, 11) is 0. The van der Waals surface area contributed by atoms with Gasteiger partial charge in [0.2, 0.25) is 0 Å². The van der Waals surface area contributed by atoms with Gasteiger partial charge in [-0.3, -0.25) is 4.90 Å². The Morgan fingerprint density at radius 2 is 2.18 bits per heavy atom.